The normalized spacial score (nSPS) is 10.3. The number of carbonyl (C=O) groups excluding carboxylic acids is 1. The summed E-state index contributed by atoms with van der Waals surface area (Å²) in [4.78, 5) is 12.7. The van der Waals surface area contributed by atoms with E-state index in [1.165, 1.54) is 0 Å². The molecule has 0 unspecified atom stereocenters. The molecule has 84 valence electrons. The highest BCUT2D eigenvalue weighted by molar-refractivity contribution is 7.10. The number of hydrogen-bond donors (Lipinski definition) is 1. The SMILES string of the molecule is CCn1cc(NC(=O)Cc2cccs2)cn1. The van der Waals surface area contributed by atoms with Gasteiger partial charge in [-0.05, 0) is 18.4 Å². The number of amides is 1. The Balaban J connectivity index is 1.92. The van der Waals surface area contributed by atoms with E-state index >= 15 is 0 Å². The molecule has 0 aliphatic heterocycles. The van der Waals surface area contributed by atoms with Crippen LogP contribution in [0.3, 0.4) is 0 Å². The number of thiophene rings is 1. The third kappa shape index (κ3) is 2.70. The van der Waals surface area contributed by atoms with E-state index in [1.807, 2.05) is 30.6 Å². The Hall–Kier alpha value is -1.62. The van der Waals surface area contributed by atoms with E-state index in [-0.39, 0.29) is 5.91 Å². The zero-order valence-electron chi connectivity index (χ0n) is 9.01. The molecular weight excluding hydrogens is 222 g/mol. The molecule has 0 saturated heterocycles. The highest BCUT2D eigenvalue weighted by Gasteiger charge is 2.05. The quantitative estimate of drug-likeness (QED) is 0.882. The van der Waals surface area contributed by atoms with Crippen LogP contribution in [0.2, 0.25) is 0 Å². The summed E-state index contributed by atoms with van der Waals surface area (Å²) >= 11 is 1.59. The van der Waals surface area contributed by atoms with Crippen LogP contribution in [-0.2, 0) is 17.8 Å². The molecular formula is C11H13N3OS. The van der Waals surface area contributed by atoms with Gasteiger partial charge >= 0.3 is 0 Å². The highest BCUT2D eigenvalue weighted by Crippen LogP contribution is 2.11. The molecule has 0 fully saturated rings. The Kier molecular flexibility index (Phi) is 3.36. The Bertz CT molecular complexity index is 461. The predicted molar refractivity (Wildman–Crippen MR) is 64.6 cm³/mol. The average Bonchev–Trinajstić information content (AvgIpc) is 2.89. The molecule has 0 aliphatic rings. The molecule has 0 atom stereocenters. The van der Waals surface area contributed by atoms with Gasteiger partial charge in [-0.3, -0.25) is 9.48 Å². The number of nitrogens with zero attached hydrogens (tertiary/aromatic N) is 2. The standard InChI is InChI=1S/C11H13N3OS/c1-2-14-8-9(7-12-14)13-11(15)6-10-4-3-5-16-10/h3-5,7-8H,2,6H2,1H3,(H,13,15). The van der Waals surface area contributed by atoms with E-state index in [2.05, 4.69) is 10.4 Å². The molecule has 2 aromatic rings. The minimum Gasteiger partial charge on any atom is -0.323 e. The number of aromatic nitrogens is 2. The van der Waals surface area contributed by atoms with Gasteiger partial charge in [0.15, 0.2) is 0 Å². The van der Waals surface area contributed by atoms with Gasteiger partial charge in [0.2, 0.25) is 5.91 Å². The number of hydrogen-bond acceptors (Lipinski definition) is 3. The van der Waals surface area contributed by atoms with Gasteiger partial charge in [-0.2, -0.15) is 5.10 Å². The molecule has 1 N–H and O–H groups in total. The van der Waals surface area contributed by atoms with Crippen LogP contribution in [0.25, 0.3) is 0 Å². The van der Waals surface area contributed by atoms with E-state index in [4.69, 9.17) is 0 Å². The fourth-order valence-electron chi connectivity index (χ4n) is 1.38. The fourth-order valence-corrected chi connectivity index (χ4v) is 2.08. The number of aryl methyl sites for hydroxylation is 1. The second-order valence-electron chi connectivity index (χ2n) is 3.39. The van der Waals surface area contributed by atoms with E-state index in [0.29, 0.717) is 6.42 Å². The van der Waals surface area contributed by atoms with Crippen molar-refractivity contribution >= 4 is 22.9 Å². The van der Waals surface area contributed by atoms with Crippen LogP contribution in [0.1, 0.15) is 11.8 Å². The molecule has 0 spiro atoms. The summed E-state index contributed by atoms with van der Waals surface area (Å²) in [6, 6.07) is 3.90. The van der Waals surface area contributed by atoms with Crippen molar-refractivity contribution in [2.24, 2.45) is 0 Å². The van der Waals surface area contributed by atoms with Crippen molar-refractivity contribution in [3.05, 3.63) is 34.8 Å². The van der Waals surface area contributed by atoms with Crippen LogP contribution in [0.4, 0.5) is 5.69 Å². The van der Waals surface area contributed by atoms with Crippen molar-refractivity contribution in [3.63, 3.8) is 0 Å². The molecule has 0 bridgehead atoms. The first-order valence-corrected chi connectivity index (χ1v) is 6.00. The molecule has 0 radical (unpaired) electrons. The lowest BCUT2D eigenvalue weighted by atomic mass is 10.3. The average molecular weight is 235 g/mol. The zero-order chi connectivity index (χ0) is 11.4. The van der Waals surface area contributed by atoms with Crippen LogP contribution >= 0.6 is 11.3 Å². The van der Waals surface area contributed by atoms with Gasteiger partial charge in [0.25, 0.3) is 0 Å². The Morgan fingerprint density at radius 1 is 1.62 bits per heavy atom. The first-order valence-electron chi connectivity index (χ1n) is 5.12. The maximum Gasteiger partial charge on any atom is 0.229 e. The molecule has 16 heavy (non-hydrogen) atoms. The topological polar surface area (TPSA) is 46.9 Å². The molecule has 4 nitrogen and oxygen atoms in total. The molecule has 0 aromatic carbocycles. The second kappa shape index (κ2) is 4.94. The Morgan fingerprint density at radius 3 is 3.12 bits per heavy atom. The number of nitrogens with one attached hydrogen (secondary N) is 1. The summed E-state index contributed by atoms with van der Waals surface area (Å²) < 4.78 is 1.78. The van der Waals surface area contributed by atoms with Crippen LogP contribution < -0.4 is 5.32 Å². The fraction of sp³-hybridized carbons (Fsp3) is 0.273. The summed E-state index contributed by atoms with van der Waals surface area (Å²) in [7, 11) is 0. The predicted octanol–water partition coefficient (Wildman–Crippen LogP) is 2.15. The summed E-state index contributed by atoms with van der Waals surface area (Å²) in [6.07, 6.45) is 3.91. The minimum absolute atomic E-state index is 0.00176. The number of rotatable bonds is 4. The summed E-state index contributed by atoms with van der Waals surface area (Å²) in [5, 5.41) is 8.88. The molecule has 0 aliphatic carbocycles. The lowest BCUT2D eigenvalue weighted by molar-refractivity contribution is -0.115. The minimum atomic E-state index is -0.00176. The molecule has 2 heterocycles. The molecule has 2 rings (SSSR count). The first kappa shape index (κ1) is 10.9. The monoisotopic (exact) mass is 235 g/mol. The van der Waals surface area contributed by atoms with Crippen molar-refractivity contribution in [1.29, 1.82) is 0 Å². The van der Waals surface area contributed by atoms with Crippen LogP contribution in [0, 0.1) is 0 Å². The number of anilines is 1. The second-order valence-corrected chi connectivity index (χ2v) is 4.42. The molecule has 0 saturated carbocycles. The zero-order valence-corrected chi connectivity index (χ0v) is 9.83. The van der Waals surface area contributed by atoms with Gasteiger partial charge in [0.05, 0.1) is 18.3 Å². The maximum absolute atomic E-state index is 11.6. The number of carbonyl (C=O) groups is 1. The van der Waals surface area contributed by atoms with Gasteiger partial charge in [-0.15, -0.1) is 11.3 Å². The summed E-state index contributed by atoms with van der Waals surface area (Å²) in [6.45, 7) is 2.81. The van der Waals surface area contributed by atoms with Crippen molar-refractivity contribution < 1.29 is 4.79 Å². The van der Waals surface area contributed by atoms with E-state index in [9.17, 15) is 4.79 Å². The van der Waals surface area contributed by atoms with Crippen LogP contribution in [0.15, 0.2) is 29.9 Å². The Labute approximate surface area is 97.9 Å². The lowest BCUT2D eigenvalue weighted by Gasteiger charge is -1.99. The van der Waals surface area contributed by atoms with Gasteiger partial charge in [0, 0.05) is 17.6 Å². The van der Waals surface area contributed by atoms with E-state index < -0.39 is 0 Å². The summed E-state index contributed by atoms with van der Waals surface area (Å²) in [5.74, 6) is -0.00176. The van der Waals surface area contributed by atoms with Gasteiger partial charge < -0.3 is 5.32 Å². The van der Waals surface area contributed by atoms with Gasteiger partial charge in [-0.1, -0.05) is 6.07 Å². The Morgan fingerprint density at radius 2 is 2.50 bits per heavy atom. The maximum atomic E-state index is 11.6. The van der Waals surface area contributed by atoms with Crippen molar-refractivity contribution in [2.75, 3.05) is 5.32 Å². The van der Waals surface area contributed by atoms with Gasteiger partial charge in [0.1, 0.15) is 0 Å². The van der Waals surface area contributed by atoms with E-state index in [0.717, 1.165) is 17.1 Å². The van der Waals surface area contributed by atoms with Crippen molar-refractivity contribution in [3.8, 4) is 0 Å². The molecule has 5 heteroatoms. The van der Waals surface area contributed by atoms with Crippen LogP contribution in [-0.4, -0.2) is 15.7 Å². The smallest absolute Gasteiger partial charge is 0.229 e. The van der Waals surface area contributed by atoms with Gasteiger partial charge in [-0.25, -0.2) is 0 Å². The highest BCUT2D eigenvalue weighted by atomic mass is 32.1. The molecule has 2 aromatic heterocycles. The lowest BCUT2D eigenvalue weighted by Crippen LogP contribution is -2.13. The molecule has 1 amide bonds. The van der Waals surface area contributed by atoms with E-state index in [1.54, 1.807) is 22.2 Å². The summed E-state index contributed by atoms with van der Waals surface area (Å²) in [5.41, 5.74) is 0.753. The van der Waals surface area contributed by atoms with Crippen LogP contribution in [0.5, 0.6) is 0 Å². The van der Waals surface area contributed by atoms with Crippen molar-refractivity contribution in [1.82, 2.24) is 9.78 Å². The van der Waals surface area contributed by atoms with Crippen molar-refractivity contribution in [2.45, 2.75) is 19.9 Å². The first-order chi connectivity index (χ1) is 7.78. The largest absolute Gasteiger partial charge is 0.323 e. The third-order valence-corrected chi connectivity index (χ3v) is 3.03. The third-order valence-electron chi connectivity index (χ3n) is 2.16.